The molecule has 0 unspecified atom stereocenters. The molecular formula is C25H21ClFN3O2. The van der Waals surface area contributed by atoms with Crippen LogP contribution in [0.3, 0.4) is 0 Å². The molecule has 1 aliphatic heterocycles. The number of benzene rings is 3. The number of para-hydroxylation sites is 1. The van der Waals surface area contributed by atoms with Crippen LogP contribution in [0.5, 0.6) is 5.75 Å². The number of amides is 2. The number of hydrogen-bond acceptors (Lipinski definition) is 2. The highest BCUT2D eigenvalue weighted by atomic mass is 35.5. The first kappa shape index (κ1) is 20.4. The Morgan fingerprint density at radius 3 is 2.75 bits per heavy atom. The van der Waals surface area contributed by atoms with Crippen LogP contribution in [0.25, 0.3) is 10.9 Å². The van der Waals surface area contributed by atoms with Crippen molar-refractivity contribution in [3.63, 3.8) is 0 Å². The van der Waals surface area contributed by atoms with Crippen molar-refractivity contribution in [1.82, 2.24) is 9.88 Å². The molecule has 0 aliphatic carbocycles. The zero-order valence-corrected chi connectivity index (χ0v) is 18.1. The van der Waals surface area contributed by atoms with Gasteiger partial charge in [0.25, 0.3) is 0 Å². The van der Waals surface area contributed by atoms with Gasteiger partial charge in [0.15, 0.2) is 0 Å². The minimum atomic E-state index is -0.600. The van der Waals surface area contributed by atoms with Crippen molar-refractivity contribution >= 4 is 34.2 Å². The van der Waals surface area contributed by atoms with Gasteiger partial charge in [0.2, 0.25) is 0 Å². The first-order valence-electron chi connectivity index (χ1n) is 10.3. The summed E-state index contributed by atoms with van der Waals surface area (Å²) < 4.78 is 20.3. The molecule has 0 bridgehead atoms. The molecule has 0 fully saturated rings. The Labute approximate surface area is 189 Å². The number of methoxy groups -OCH3 is 1. The molecule has 3 aromatic carbocycles. The van der Waals surface area contributed by atoms with Gasteiger partial charge in [-0.15, -0.1) is 0 Å². The number of anilines is 1. The Morgan fingerprint density at radius 2 is 1.94 bits per heavy atom. The van der Waals surface area contributed by atoms with Crippen molar-refractivity contribution < 1.29 is 13.9 Å². The van der Waals surface area contributed by atoms with E-state index in [-0.39, 0.29) is 11.8 Å². The van der Waals surface area contributed by atoms with Gasteiger partial charge in [0.05, 0.1) is 12.8 Å². The molecule has 2 N–H and O–H groups in total. The predicted molar refractivity (Wildman–Crippen MR) is 124 cm³/mol. The summed E-state index contributed by atoms with van der Waals surface area (Å²) in [7, 11) is 1.53. The number of nitrogens with one attached hydrogen (secondary N) is 2. The Hall–Kier alpha value is -3.51. The van der Waals surface area contributed by atoms with Crippen LogP contribution >= 0.6 is 11.6 Å². The van der Waals surface area contributed by atoms with Crippen LogP contribution in [0.1, 0.15) is 22.9 Å². The van der Waals surface area contributed by atoms with Crippen LogP contribution < -0.4 is 10.1 Å². The highest BCUT2D eigenvalue weighted by molar-refractivity contribution is 6.31. The number of ether oxygens (including phenoxy) is 1. The number of fused-ring (bicyclic) bond motifs is 3. The third-order valence-corrected chi connectivity index (χ3v) is 6.13. The summed E-state index contributed by atoms with van der Waals surface area (Å²) >= 11 is 6.13. The van der Waals surface area contributed by atoms with E-state index in [0.717, 1.165) is 22.2 Å². The molecule has 0 saturated carbocycles. The summed E-state index contributed by atoms with van der Waals surface area (Å²) in [5.74, 6) is 0.135. The summed E-state index contributed by atoms with van der Waals surface area (Å²) in [6.45, 7) is 0.433. The lowest BCUT2D eigenvalue weighted by atomic mass is 9.92. The molecule has 1 aromatic heterocycles. The maximum Gasteiger partial charge on any atom is 0.322 e. The van der Waals surface area contributed by atoms with Crippen LogP contribution in [-0.4, -0.2) is 29.6 Å². The number of carbonyl (C=O) groups is 1. The Balaban J connectivity index is 1.59. The van der Waals surface area contributed by atoms with Gasteiger partial charge in [-0.3, -0.25) is 0 Å². The lowest BCUT2D eigenvalue weighted by molar-refractivity contribution is 0.191. The van der Waals surface area contributed by atoms with Crippen LogP contribution in [0.15, 0.2) is 66.7 Å². The van der Waals surface area contributed by atoms with E-state index in [1.165, 1.54) is 13.2 Å². The minimum Gasteiger partial charge on any atom is -0.495 e. The number of nitrogens with zero attached hydrogens (tertiary/aromatic N) is 1. The molecule has 5 rings (SSSR count). The maximum absolute atomic E-state index is 14.9. The van der Waals surface area contributed by atoms with Gasteiger partial charge in [0, 0.05) is 33.7 Å². The van der Waals surface area contributed by atoms with Crippen molar-refractivity contribution in [3.8, 4) is 5.75 Å². The lowest BCUT2D eigenvalue weighted by Crippen LogP contribution is -2.43. The number of carbonyl (C=O) groups excluding carboxylic acids is 1. The predicted octanol–water partition coefficient (Wildman–Crippen LogP) is 6.15. The van der Waals surface area contributed by atoms with Crippen molar-refractivity contribution in [1.29, 1.82) is 0 Å². The quantitative estimate of drug-likeness (QED) is 0.394. The normalized spacial score (nSPS) is 15.5. The van der Waals surface area contributed by atoms with Gasteiger partial charge < -0.3 is 19.9 Å². The first-order valence-corrected chi connectivity index (χ1v) is 10.7. The molecule has 1 aliphatic rings. The Morgan fingerprint density at radius 1 is 1.16 bits per heavy atom. The summed E-state index contributed by atoms with van der Waals surface area (Å²) in [5, 5.41) is 4.47. The number of H-pyrrole nitrogens is 1. The zero-order valence-electron chi connectivity index (χ0n) is 17.4. The van der Waals surface area contributed by atoms with Gasteiger partial charge in [-0.2, -0.15) is 0 Å². The van der Waals surface area contributed by atoms with Crippen LogP contribution in [-0.2, 0) is 6.42 Å². The topological polar surface area (TPSA) is 57.4 Å². The fourth-order valence-electron chi connectivity index (χ4n) is 4.44. The molecule has 7 heteroatoms. The van der Waals surface area contributed by atoms with Crippen LogP contribution in [0.4, 0.5) is 14.9 Å². The maximum atomic E-state index is 14.9. The standard InChI is InChI=1S/C25H21ClFN3O2/c1-32-22-11-10-15(26)14-21(22)29-25(31)30-13-12-17-16-6-3-5-9-20(16)28-23(17)24(30)18-7-2-4-8-19(18)27/h2-11,14,24,28H,12-13H2,1H3,(H,29,31)/t24-/m0/s1. The third-order valence-electron chi connectivity index (χ3n) is 5.90. The number of halogens is 2. The van der Waals surface area contributed by atoms with E-state index in [1.54, 1.807) is 41.3 Å². The highest BCUT2D eigenvalue weighted by Crippen LogP contribution is 2.40. The summed E-state index contributed by atoms with van der Waals surface area (Å²) in [4.78, 5) is 18.5. The summed E-state index contributed by atoms with van der Waals surface area (Å²) in [5.41, 5.74) is 3.81. The van der Waals surface area contributed by atoms with E-state index in [9.17, 15) is 9.18 Å². The molecule has 1 atom stereocenters. The third kappa shape index (κ3) is 3.46. The second kappa shape index (κ2) is 8.20. The van der Waals surface area contributed by atoms with Gasteiger partial charge in [-0.1, -0.05) is 48.0 Å². The molecule has 4 aromatic rings. The minimum absolute atomic E-state index is 0.358. The average Bonchev–Trinajstić information content (AvgIpc) is 3.18. The number of urea groups is 1. The van der Waals surface area contributed by atoms with Gasteiger partial charge >= 0.3 is 6.03 Å². The van der Waals surface area contributed by atoms with E-state index in [1.807, 2.05) is 18.2 Å². The molecule has 0 saturated heterocycles. The van der Waals surface area contributed by atoms with E-state index in [4.69, 9.17) is 16.3 Å². The second-order valence-electron chi connectivity index (χ2n) is 7.71. The van der Waals surface area contributed by atoms with E-state index >= 15 is 0 Å². The van der Waals surface area contributed by atoms with E-state index in [2.05, 4.69) is 16.4 Å². The lowest BCUT2D eigenvalue weighted by Gasteiger charge is -2.36. The number of aromatic nitrogens is 1. The molecule has 2 heterocycles. The monoisotopic (exact) mass is 449 g/mol. The number of hydrogen-bond donors (Lipinski definition) is 2. The Bertz CT molecular complexity index is 1320. The fourth-order valence-corrected chi connectivity index (χ4v) is 4.62. The second-order valence-corrected chi connectivity index (χ2v) is 8.14. The molecule has 0 radical (unpaired) electrons. The van der Waals surface area contributed by atoms with E-state index in [0.29, 0.717) is 35.0 Å². The summed E-state index contributed by atoms with van der Waals surface area (Å²) in [6, 6.07) is 18.6. The number of rotatable bonds is 3. The highest BCUT2D eigenvalue weighted by Gasteiger charge is 2.36. The molecule has 0 spiro atoms. The van der Waals surface area contributed by atoms with Crippen LogP contribution in [0.2, 0.25) is 5.02 Å². The summed E-state index contributed by atoms with van der Waals surface area (Å²) in [6.07, 6.45) is 0.657. The van der Waals surface area contributed by atoms with Crippen molar-refractivity contribution in [2.45, 2.75) is 12.5 Å². The molecule has 2 amide bonds. The fraction of sp³-hybridized carbons (Fsp3) is 0.160. The molecular weight excluding hydrogens is 429 g/mol. The van der Waals surface area contributed by atoms with Crippen molar-refractivity contribution in [3.05, 3.63) is 94.4 Å². The largest absolute Gasteiger partial charge is 0.495 e. The van der Waals surface area contributed by atoms with Crippen molar-refractivity contribution in [2.75, 3.05) is 19.0 Å². The smallest absolute Gasteiger partial charge is 0.322 e. The number of aromatic amines is 1. The van der Waals surface area contributed by atoms with Gasteiger partial charge in [-0.05, 0) is 42.3 Å². The van der Waals surface area contributed by atoms with Gasteiger partial charge in [0.1, 0.15) is 17.6 Å². The zero-order chi connectivity index (χ0) is 22.2. The van der Waals surface area contributed by atoms with Gasteiger partial charge in [-0.25, -0.2) is 9.18 Å². The van der Waals surface area contributed by atoms with Crippen molar-refractivity contribution in [2.24, 2.45) is 0 Å². The molecule has 5 nitrogen and oxygen atoms in total. The average molecular weight is 450 g/mol. The Kier molecular flexibility index (Phi) is 5.23. The molecule has 32 heavy (non-hydrogen) atoms. The first-order chi connectivity index (χ1) is 15.6. The molecule has 162 valence electrons. The van der Waals surface area contributed by atoms with Crippen LogP contribution in [0, 0.1) is 5.82 Å². The van der Waals surface area contributed by atoms with E-state index < -0.39 is 6.04 Å². The SMILES string of the molecule is COc1ccc(Cl)cc1NC(=O)N1CCc2c([nH]c3ccccc23)[C@@H]1c1ccccc1F.